The van der Waals surface area contributed by atoms with Crippen LogP contribution in [0.25, 0.3) is 0 Å². The summed E-state index contributed by atoms with van der Waals surface area (Å²) in [7, 11) is -2.14. The molecule has 4 unspecified atom stereocenters. The first-order valence-electron chi connectivity index (χ1n) is 9.30. The standard InChI is InChI=1S/C19H28N2O4S/c1-13(18-11-14-6-7-15(18)10-14)21-19(22)16-4-3-5-17(12-16)26(23,24)20-8-9-25-2/h3-5,12-15,18,20H,6-11H2,1-2H3,(H,21,22). The van der Waals surface area contributed by atoms with E-state index in [2.05, 4.69) is 17.0 Å². The van der Waals surface area contributed by atoms with Crippen LogP contribution in [-0.4, -0.2) is 40.6 Å². The number of carbonyl (C=O) groups is 1. The predicted molar refractivity (Wildman–Crippen MR) is 99.4 cm³/mol. The molecule has 0 heterocycles. The van der Waals surface area contributed by atoms with Gasteiger partial charge >= 0.3 is 0 Å². The lowest BCUT2D eigenvalue weighted by atomic mass is 9.84. The lowest BCUT2D eigenvalue weighted by Crippen LogP contribution is -2.40. The summed E-state index contributed by atoms with van der Waals surface area (Å²) in [5.41, 5.74) is 0.370. The summed E-state index contributed by atoms with van der Waals surface area (Å²) in [4.78, 5) is 12.7. The van der Waals surface area contributed by atoms with Gasteiger partial charge in [-0.1, -0.05) is 12.5 Å². The maximum Gasteiger partial charge on any atom is 0.251 e. The van der Waals surface area contributed by atoms with E-state index in [9.17, 15) is 13.2 Å². The molecule has 26 heavy (non-hydrogen) atoms. The molecule has 0 aliphatic heterocycles. The molecule has 2 bridgehead atoms. The van der Waals surface area contributed by atoms with Crippen molar-refractivity contribution in [3.8, 4) is 0 Å². The van der Waals surface area contributed by atoms with E-state index < -0.39 is 10.0 Å². The molecule has 1 aromatic rings. The Morgan fingerprint density at radius 2 is 2.12 bits per heavy atom. The Hall–Kier alpha value is -1.44. The number of rotatable bonds is 8. The minimum absolute atomic E-state index is 0.0915. The van der Waals surface area contributed by atoms with E-state index in [1.807, 2.05) is 0 Å². The number of fused-ring (bicyclic) bond motifs is 2. The maximum atomic E-state index is 12.6. The van der Waals surface area contributed by atoms with E-state index in [1.165, 1.54) is 44.9 Å². The Morgan fingerprint density at radius 1 is 1.31 bits per heavy atom. The van der Waals surface area contributed by atoms with Crippen molar-refractivity contribution in [2.45, 2.75) is 43.5 Å². The van der Waals surface area contributed by atoms with E-state index in [4.69, 9.17) is 4.74 Å². The van der Waals surface area contributed by atoms with E-state index in [0.717, 1.165) is 11.8 Å². The first-order valence-corrected chi connectivity index (χ1v) is 10.8. The zero-order chi connectivity index (χ0) is 18.7. The van der Waals surface area contributed by atoms with Gasteiger partial charge in [-0.2, -0.15) is 0 Å². The molecule has 144 valence electrons. The Bertz CT molecular complexity index is 750. The molecule has 2 fully saturated rings. The van der Waals surface area contributed by atoms with Crippen molar-refractivity contribution in [2.24, 2.45) is 17.8 Å². The zero-order valence-electron chi connectivity index (χ0n) is 15.4. The smallest absolute Gasteiger partial charge is 0.251 e. The van der Waals surface area contributed by atoms with E-state index in [0.29, 0.717) is 18.1 Å². The van der Waals surface area contributed by atoms with Crippen molar-refractivity contribution in [2.75, 3.05) is 20.3 Å². The average Bonchev–Trinajstić information content (AvgIpc) is 3.25. The lowest BCUT2D eigenvalue weighted by Gasteiger charge is -2.28. The molecule has 2 aliphatic rings. The topological polar surface area (TPSA) is 84.5 Å². The Kier molecular flexibility index (Phi) is 5.99. The third-order valence-electron chi connectivity index (χ3n) is 5.80. The second-order valence-electron chi connectivity index (χ2n) is 7.52. The van der Waals surface area contributed by atoms with Crippen molar-refractivity contribution >= 4 is 15.9 Å². The summed E-state index contributed by atoms with van der Waals surface area (Å²) in [5.74, 6) is 1.89. The largest absolute Gasteiger partial charge is 0.383 e. The van der Waals surface area contributed by atoms with Crippen LogP contribution in [0.5, 0.6) is 0 Å². The highest BCUT2D eigenvalue weighted by Crippen LogP contribution is 2.49. The molecule has 0 radical (unpaired) electrons. The third-order valence-corrected chi connectivity index (χ3v) is 7.26. The minimum Gasteiger partial charge on any atom is -0.383 e. The zero-order valence-corrected chi connectivity index (χ0v) is 16.2. The van der Waals surface area contributed by atoms with Gasteiger partial charge in [0.25, 0.3) is 5.91 Å². The van der Waals surface area contributed by atoms with Gasteiger partial charge in [0.15, 0.2) is 0 Å². The van der Waals surface area contributed by atoms with Crippen LogP contribution in [0.2, 0.25) is 0 Å². The van der Waals surface area contributed by atoms with Crippen LogP contribution >= 0.6 is 0 Å². The van der Waals surface area contributed by atoms with Gasteiger partial charge in [-0.25, -0.2) is 13.1 Å². The summed E-state index contributed by atoms with van der Waals surface area (Å²) in [5, 5.41) is 3.08. The minimum atomic E-state index is -3.65. The molecule has 0 aromatic heterocycles. The SMILES string of the molecule is COCCNS(=O)(=O)c1cccc(C(=O)NC(C)C2CC3CCC2C3)c1. The summed E-state index contributed by atoms with van der Waals surface area (Å²) in [6.07, 6.45) is 5.10. The fourth-order valence-electron chi connectivity index (χ4n) is 4.47. The van der Waals surface area contributed by atoms with E-state index in [-0.39, 0.29) is 23.4 Å². The molecule has 2 saturated carbocycles. The Labute approximate surface area is 155 Å². The van der Waals surface area contributed by atoms with Crippen LogP contribution in [0, 0.1) is 17.8 Å². The summed E-state index contributed by atoms with van der Waals surface area (Å²) < 4.78 is 31.9. The summed E-state index contributed by atoms with van der Waals surface area (Å²) in [6.45, 7) is 2.55. The molecule has 4 atom stereocenters. The number of benzene rings is 1. The van der Waals surface area contributed by atoms with Crippen LogP contribution in [0.1, 0.15) is 43.0 Å². The highest BCUT2D eigenvalue weighted by atomic mass is 32.2. The Morgan fingerprint density at radius 3 is 2.77 bits per heavy atom. The molecule has 1 aromatic carbocycles. The van der Waals surface area contributed by atoms with Crippen molar-refractivity contribution in [1.29, 1.82) is 0 Å². The number of hydrogen-bond acceptors (Lipinski definition) is 4. The van der Waals surface area contributed by atoms with Crippen LogP contribution in [0.4, 0.5) is 0 Å². The lowest BCUT2D eigenvalue weighted by molar-refractivity contribution is 0.0915. The number of methoxy groups -OCH3 is 1. The molecular formula is C19H28N2O4S. The second kappa shape index (κ2) is 8.06. The van der Waals surface area contributed by atoms with E-state index in [1.54, 1.807) is 12.1 Å². The predicted octanol–water partition coefficient (Wildman–Crippen LogP) is 2.17. The highest BCUT2D eigenvalue weighted by Gasteiger charge is 2.42. The van der Waals surface area contributed by atoms with Crippen LogP contribution in [0.15, 0.2) is 29.2 Å². The number of sulfonamides is 1. The van der Waals surface area contributed by atoms with Gasteiger partial charge in [-0.15, -0.1) is 0 Å². The molecule has 0 spiro atoms. The normalized spacial score (nSPS) is 26.0. The van der Waals surface area contributed by atoms with Gasteiger partial charge in [0.05, 0.1) is 11.5 Å². The number of hydrogen-bond donors (Lipinski definition) is 2. The first-order chi connectivity index (χ1) is 12.4. The van der Waals surface area contributed by atoms with Crippen molar-refractivity contribution in [3.63, 3.8) is 0 Å². The molecule has 3 rings (SSSR count). The van der Waals surface area contributed by atoms with Crippen LogP contribution < -0.4 is 10.0 Å². The second-order valence-corrected chi connectivity index (χ2v) is 9.29. The fraction of sp³-hybridized carbons (Fsp3) is 0.632. The number of nitrogens with one attached hydrogen (secondary N) is 2. The highest BCUT2D eigenvalue weighted by molar-refractivity contribution is 7.89. The molecule has 2 N–H and O–H groups in total. The monoisotopic (exact) mass is 380 g/mol. The molecule has 2 aliphatic carbocycles. The van der Waals surface area contributed by atoms with Gasteiger partial charge < -0.3 is 10.1 Å². The van der Waals surface area contributed by atoms with Gasteiger partial charge in [0.1, 0.15) is 0 Å². The van der Waals surface area contributed by atoms with Crippen molar-refractivity contribution < 1.29 is 17.9 Å². The number of amides is 1. The average molecular weight is 381 g/mol. The van der Waals surface area contributed by atoms with Crippen LogP contribution in [-0.2, 0) is 14.8 Å². The quantitative estimate of drug-likeness (QED) is 0.677. The van der Waals surface area contributed by atoms with Gasteiger partial charge in [0.2, 0.25) is 10.0 Å². The Balaban J connectivity index is 1.64. The van der Waals surface area contributed by atoms with Gasteiger partial charge in [-0.05, 0) is 62.1 Å². The van der Waals surface area contributed by atoms with E-state index >= 15 is 0 Å². The molecule has 6 nitrogen and oxygen atoms in total. The molecule has 0 saturated heterocycles. The molecular weight excluding hydrogens is 352 g/mol. The maximum absolute atomic E-state index is 12.6. The summed E-state index contributed by atoms with van der Waals surface area (Å²) >= 11 is 0. The van der Waals surface area contributed by atoms with Crippen molar-refractivity contribution in [3.05, 3.63) is 29.8 Å². The molecule has 7 heteroatoms. The number of ether oxygens (including phenoxy) is 1. The van der Waals surface area contributed by atoms with Crippen LogP contribution in [0.3, 0.4) is 0 Å². The summed E-state index contributed by atoms with van der Waals surface area (Å²) in [6, 6.07) is 6.28. The first kappa shape index (κ1) is 19.3. The number of carbonyl (C=O) groups excluding carboxylic acids is 1. The molecule has 1 amide bonds. The third kappa shape index (κ3) is 4.27. The van der Waals surface area contributed by atoms with Crippen molar-refractivity contribution in [1.82, 2.24) is 10.0 Å². The fourth-order valence-corrected chi connectivity index (χ4v) is 5.53. The van der Waals surface area contributed by atoms with Gasteiger partial charge in [-0.3, -0.25) is 4.79 Å². The van der Waals surface area contributed by atoms with Gasteiger partial charge in [0, 0.05) is 25.3 Å².